The molecular formula is C19H20N2O5. The van der Waals surface area contributed by atoms with Gasteiger partial charge in [-0.05, 0) is 31.9 Å². The molecule has 0 N–H and O–H groups in total. The van der Waals surface area contributed by atoms with Gasteiger partial charge in [0.05, 0.1) is 23.7 Å². The van der Waals surface area contributed by atoms with Crippen LogP contribution in [0.4, 0.5) is 0 Å². The van der Waals surface area contributed by atoms with Crippen LogP contribution in [0.3, 0.4) is 0 Å². The van der Waals surface area contributed by atoms with Crippen molar-refractivity contribution in [3.05, 3.63) is 35.5 Å². The van der Waals surface area contributed by atoms with E-state index in [0.717, 1.165) is 24.2 Å². The number of hydrogen-bond donors (Lipinski definition) is 0. The smallest absolute Gasteiger partial charge is 0.310 e. The first-order chi connectivity index (χ1) is 12.7. The van der Waals surface area contributed by atoms with E-state index in [0.29, 0.717) is 31.0 Å². The lowest BCUT2D eigenvalue weighted by Crippen LogP contribution is -2.43. The van der Waals surface area contributed by atoms with Gasteiger partial charge in [-0.1, -0.05) is 17.3 Å². The zero-order valence-corrected chi connectivity index (χ0v) is 14.6. The number of nitrogens with zero attached hydrogens (tertiary/aromatic N) is 2. The number of benzene rings is 1. The Labute approximate surface area is 150 Å². The predicted molar refractivity (Wildman–Crippen MR) is 91.5 cm³/mol. The fourth-order valence-electron chi connectivity index (χ4n) is 3.52. The number of piperidine rings is 1. The van der Waals surface area contributed by atoms with Crippen molar-refractivity contribution in [1.82, 2.24) is 10.1 Å². The van der Waals surface area contributed by atoms with E-state index < -0.39 is 0 Å². The minimum Gasteiger partial charge on any atom is -0.488 e. The van der Waals surface area contributed by atoms with Gasteiger partial charge in [0.1, 0.15) is 12.4 Å². The highest BCUT2D eigenvalue weighted by molar-refractivity contribution is 5.96. The summed E-state index contributed by atoms with van der Waals surface area (Å²) >= 11 is 0. The van der Waals surface area contributed by atoms with E-state index in [-0.39, 0.29) is 30.1 Å². The van der Waals surface area contributed by atoms with E-state index >= 15 is 0 Å². The summed E-state index contributed by atoms with van der Waals surface area (Å²) in [6, 6.07) is 7.51. The molecule has 136 valence electrons. The SMILES string of the molecule is CCOC(=O)[C@@H]1CCCN(C(=O)c2noc3c2COc2ccccc2-3)C1. The van der Waals surface area contributed by atoms with Crippen molar-refractivity contribution in [2.45, 2.75) is 26.4 Å². The number of amides is 1. The predicted octanol–water partition coefficient (Wildman–Crippen LogP) is 2.65. The molecule has 2 aliphatic heterocycles. The lowest BCUT2D eigenvalue weighted by atomic mass is 9.97. The first kappa shape index (κ1) is 16.6. The van der Waals surface area contributed by atoms with Crippen molar-refractivity contribution < 1.29 is 23.6 Å². The molecule has 2 aliphatic rings. The average Bonchev–Trinajstić information content (AvgIpc) is 3.12. The summed E-state index contributed by atoms with van der Waals surface area (Å²) in [6.07, 6.45) is 1.49. The normalized spacial score (nSPS) is 18.5. The second-order valence-corrected chi connectivity index (χ2v) is 6.47. The molecule has 0 aliphatic carbocycles. The van der Waals surface area contributed by atoms with Crippen LogP contribution in [0.1, 0.15) is 35.8 Å². The Bertz CT molecular complexity index is 844. The van der Waals surface area contributed by atoms with Gasteiger partial charge in [0.25, 0.3) is 5.91 Å². The first-order valence-electron chi connectivity index (χ1n) is 8.85. The van der Waals surface area contributed by atoms with Crippen LogP contribution in [0.15, 0.2) is 28.8 Å². The van der Waals surface area contributed by atoms with Gasteiger partial charge in [-0.25, -0.2) is 0 Å². The van der Waals surface area contributed by atoms with Gasteiger partial charge < -0.3 is 18.9 Å². The van der Waals surface area contributed by atoms with Crippen molar-refractivity contribution >= 4 is 11.9 Å². The third-order valence-electron chi connectivity index (χ3n) is 4.82. The summed E-state index contributed by atoms with van der Waals surface area (Å²) in [5.74, 6) is 0.536. The summed E-state index contributed by atoms with van der Waals surface area (Å²) in [5, 5.41) is 4.02. The van der Waals surface area contributed by atoms with E-state index in [9.17, 15) is 9.59 Å². The van der Waals surface area contributed by atoms with E-state index in [4.69, 9.17) is 14.0 Å². The molecule has 1 fully saturated rings. The van der Waals surface area contributed by atoms with Crippen LogP contribution in [-0.2, 0) is 16.1 Å². The number of fused-ring (bicyclic) bond motifs is 3. The molecule has 1 aromatic carbocycles. The topological polar surface area (TPSA) is 81.9 Å². The number of carbonyl (C=O) groups is 2. The molecule has 1 amide bonds. The maximum atomic E-state index is 13.0. The largest absolute Gasteiger partial charge is 0.488 e. The van der Waals surface area contributed by atoms with Gasteiger partial charge in [-0.2, -0.15) is 0 Å². The van der Waals surface area contributed by atoms with Crippen LogP contribution in [0, 0.1) is 5.92 Å². The van der Waals surface area contributed by atoms with Crippen LogP contribution >= 0.6 is 0 Å². The number of para-hydroxylation sites is 1. The quantitative estimate of drug-likeness (QED) is 0.787. The van der Waals surface area contributed by atoms with Gasteiger partial charge in [0.2, 0.25) is 0 Å². The molecule has 0 spiro atoms. The highest BCUT2D eigenvalue weighted by Crippen LogP contribution is 2.39. The van der Waals surface area contributed by atoms with Crippen LogP contribution in [0.5, 0.6) is 5.75 Å². The molecule has 0 radical (unpaired) electrons. The van der Waals surface area contributed by atoms with E-state index in [1.165, 1.54) is 0 Å². The molecular weight excluding hydrogens is 336 g/mol. The standard InChI is InChI=1S/C19H20N2O5/c1-2-24-19(23)12-6-5-9-21(10-12)18(22)16-14-11-25-15-8-4-3-7-13(15)17(14)26-20-16/h3-4,7-8,12H,2,5-6,9-11H2,1H3/t12-/m1/s1. The second kappa shape index (κ2) is 6.82. The Hall–Kier alpha value is -2.83. The summed E-state index contributed by atoms with van der Waals surface area (Å²) in [5.41, 5.74) is 1.72. The van der Waals surface area contributed by atoms with Crippen LogP contribution in [0.2, 0.25) is 0 Å². The number of ether oxygens (including phenoxy) is 2. The van der Waals surface area contributed by atoms with E-state index in [1.54, 1.807) is 11.8 Å². The maximum Gasteiger partial charge on any atom is 0.310 e. The molecule has 0 bridgehead atoms. The summed E-state index contributed by atoms with van der Waals surface area (Å²) < 4.78 is 16.3. The van der Waals surface area contributed by atoms with Crippen LogP contribution in [-0.4, -0.2) is 41.6 Å². The number of likely N-dealkylation sites (tertiary alicyclic amines) is 1. The van der Waals surface area contributed by atoms with Crippen molar-refractivity contribution in [1.29, 1.82) is 0 Å². The third-order valence-corrected chi connectivity index (χ3v) is 4.82. The maximum absolute atomic E-state index is 13.0. The Morgan fingerprint density at radius 2 is 2.19 bits per heavy atom. The Kier molecular flexibility index (Phi) is 4.36. The Balaban J connectivity index is 1.57. The monoisotopic (exact) mass is 356 g/mol. The summed E-state index contributed by atoms with van der Waals surface area (Å²) in [6.45, 7) is 3.30. The van der Waals surface area contributed by atoms with Crippen molar-refractivity contribution in [3.63, 3.8) is 0 Å². The number of hydrogen-bond acceptors (Lipinski definition) is 6. The molecule has 2 aromatic rings. The minimum atomic E-state index is -0.285. The summed E-state index contributed by atoms with van der Waals surface area (Å²) in [4.78, 5) is 26.6. The number of carbonyl (C=O) groups excluding carboxylic acids is 2. The van der Waals surface area contributed by atoms with E-state index in [2.05, 4.69) is 5.16 Å². The fraction of sp³-hybridized carbons (Fsp3) is 0.421. The number of rotatable bonds is 3. The molecule has 7 nitrogen and oxygen atoms in total. The van der Waals surface area contributed by atoms with Crippen LogP contribution in [0.25, 0.3) is 11.3 Å². The second-order valence-electron chi connectivity index (χ2n) is 6.47. The molecule has 1 saturated heterocycles. The third kappa shape index (κ3) is 2.83. The molecule has 3 heterocycles. The molecule has 26 heavy (non-hydrogen) atoms. The fourth-order valence-corrected chi connectivity index (χ4v) is 3.52. The first-order valence-corrected chi connectivity index (χ1v) is 8.85. The van der Waals surface area contributed by atoms with Crippen molar-refractivity contribution in [3.8, 4) is 17.1 Å². The Morgan fingerprint density at radius 3 is 3.04 bits per heavy atom. The Morgan fingerprint density at radius 1 is 1.35 bits per heavy atom. The lowest BCUT2D eigenvalue weighted by Gasteiger charge is -2.31. The lowest BCUT2D eigenvalue weighted by molar-refractivity contribution is -0.149. The highest BCUT2D eigenvalue weighted by atomic mass is 16.5. The molecule has 1 aromatic heterocycles. The molecule has 1 atom stereocenters. The van der Waals surface area contributed by atoms with Gasteiger partial charge >= 0.3 is 5.97 Å². The van der Waals surface area contributed by atoms with Crippen molar-refractivity contribution in [2.24, 2.45) is 5.92 Å². The highest BCUT2D eigenvalue weighted by Gasteiger charge is 2.34. The van der Waals surface area contributed by atoms with Gasteiger partial charge in [0.15, 0.2) is 11.5 Å². The minimum absolute atomic E-state index is 0.230. The zero-order chi connectivity index (χ0) is 18.1. The average molecular weight is 356 g/mol. The number of aromatic nitrogens is 1. The van der Waals surface area contributed by atoms with Gasteiger partial charge in [-0.3, -0.25) is 9.59 Å². The van der Waals surface area contributed by atoms with Crippen LogP contribution < -0.4 is 4.74 Å². The zero-order valence-electron chi connectivity index (χ0n) is 14.6. The van der Waals surface area contributed by atoms with E-state index in [1.807, 2.05) is 24.3 Å². The summed E-state index contributed by atoms with van der Waals surface area (Å²) in [7, 11) is 0. The molecule has 0 unspecified atom stereocenters. The molecule has 0 saturated carbocycles. The van der Waals surface area contributed by atoms with Crippen molar-refractivity contribution in [2.75, 3.05) is 19.7 Å². The molecule has 4 rings (SSSR count). The van der Waals surface area contributed by atoms with Gasteiger partial charge in [-0.15, -0.1) is 0 Å². The number of esters is 1. The molecule has 7 heteroatoms. The van der Waals surface area contributed by atoms with Gasteiger partial charge in [0, 0.05) is 13.1 Å².